The van der Waals surface area contributed by atoms with Crippen LogP contribution in [0.3, 0.4) is 0 Å². The number of nitrogens with one attached hydrogen (secondary N) is 1. The Balaban J connectivity index is 1.58. The van der Waals surface area contributed by atoms with E-state index in [1.54, 1.807) is 0 Å². The number of carbonyl (C=O) groups excluding carboxylic acids is 1. The van der Waals surface area contributed by atoms with Crippen LogP contribution in [-0.2, 0) is 16.0 Å². The van der Waals surface area contributed by atoms with E-state index in [-0.39, 0.29) is 17.9 Å². The maximum atomic E-state index is 12.0. The van der Waals surface area contributed by atoms with Crippen LogP contribution in [0.25, 0.3) is 0 Å². The summed E-state index contributed by atoms with van der Waals surface area (Å²) in [6, 6.07) is 7.65. The zero-order valence-electron chi connectivity index (χ0n) is 13.4. The van der Waals surface area contributed by atoms with E-state index in [2.05, 4.69) is 15.5 Å². The van der Waals surface area contributed by atoms with E-state index in [9.17, 15) is 4.79 Å². The summed E-state index contributed by atoms with van der Waals surface area (Å²) < 4.78 is 10.6. The molecule has 0 spiro atoms. The van der Waals surface area contributed by atoms with Crippen LogP contribution < -0.4 is 5.32 Å². The standard InChI is InChI=1S/C17H21N3O3/c1-11(2)16-19-15(23-20-16)10-12-5-7-13(8-6-12)18-17(21)14-4-3-9-22-14/h5-8,11,14H,3-4,9-10H2,1-2H3,(H,18,21). The third kappa shape index (κ3) is 3.96. The van der Waals surface area contributed by atoms with E-state index >= 15 is 0 Å². The SMILES string of the molecule is CC(C)c1noc(Cc2ccc(NC(=O)C3CCCO3)cc2)n1. The van der Waals surface area contributed by atoms with E-state index in [0.717, 1.165) is 29.9 Å². The van der Waals surface area contributed by atoms with Crippen LogP contribution in [-0.4, -0.2) is 28.8 Å². The minimum absolute atomic E-state index is 0.0753. The maximum Gasteiger partial charge on any atom is 0.253 e. The fourth-order valence-electron chi connectivity index (χ4n) is 2.46. The smallest absolute Gasteiger partial charge is 0.253 e. The molecule has 1 amide bonds. The molecule has 1 N–H and O–H groups in total. The van der Waals surface area contributed by atoms with E-state index in [1.165, 1.54) is 0 Å². The Hall–Kier alpha value is -2.21. The van der Waals surface area contributed by atoms with Crippen LogP contribution in [0, 0.1) is 0 Å². The van der Waals surface area contributed by atoms with Crippen LogP contribution in [0.1, 0.15) is 49.9 Å². The van der Waals surface area contributed by atoms with Gasteiger partial charge in [0, 0.05) is 18.2 Å². The monoisotopic (exact) mass is 315 g/mol. The summed E-state index contributed by atoms with van der Waals surface area (Å²) in [5.74, 6) is 1.50. The van der Waals surface area contributed by atoms with Crippen molar-refractivity contribution in [3.05, 3.63) is 41.5 Å². The first-order valence-corrected chi connectivity index (χ1v) is 7.95. The van der Waals surface area contributed by atoms with Gasteiger partial charge < -0.3 is 14.6 Å². The van der Waals surface area contributed by atoms with E-state index < -0.39 is 0 Å². The number of nitrogens with zero attached hydrogens (tertiary/aromatic N) is 2. The van der Waals surface area contributed by atoms with Crippen LogP contribution >= 0.6 is 0 Å². The molecule has 1 aliphatic rings. The first-order valence-electron chi connectivity index (χ1n) is 7.95. The quantitative estimate of drug-likeness (QED) is 0.918. The number of carbonyl (C=O) groups is 1. The van der Waals surface area contributed by atoms with Gasteiger partial charge in [-0.25, -0.2) is 0 Å². The Morgan fingerprint density at radius 1 is 1.35 bits per heavy atom. The summed E-state index contributed by atoms with van der Waals surface area (Å²) in [4.78, 5) is 16.4. The average molecular weight is 315 g/mol. The van der Waals surface area contributed by atoms with Crippen molar-refractivity contribution < 1.29 is 14.1 Å². The van der Waals surface area contributed by atoms with Crippen LogP contribution in [0.2, 0.25) is 0 Å². The highest BCUT2D eigenvalue weighted by Gasteiger charge is 2.23. The number of anilines is 1. The lowest BCUT2D eigenvalue weighted by atomic mass is 10.1. The van der Waals surface area contributed by atoms with Gasteiger partial charge in [-0.15, -0.1) is 0 Å². The molecule has 1 atom stereocenters. The van der Waals surface area contributed by atoms with Crippen molar-refractivity contribution in [2.24, 2.45) is 0 Å². The maximum absolute atomic E-state index is 12.0. The molecule has 0 saturated carbocycles. The Morgan fingerprint density at radius 3 is 2.74 bits per heavy atom. The lowest BCUT2D eigenvalue weighted by Gasteiger charge is -2.10. The number of amides is 1. The van der Waals surface area contributed by atoms with Crippen molar-refractivity contribution in [3.8, 4) is 0 Å². The molecule has 2 aromatic rings. The molecular formula is C17H21N3O3. The van der Waals surface area contributed by atoms with Crippen LogP contribution in [0.5, 0.6) is 0 Å². The van der Waals surface area contributed by atoms with Crippen molar-refractivity contribution in [2.45, 2.75) is 45.1 Å². The molecule has 1 aliphatic heterocycles. The molecule has 23 heavy (non-hydrogen) atoms. The number of ether oxygens (including phenoxy) is 1. The summed E-state index contributed by atoms with van der Waals surface area (Å²) in [5, 5.41) is 6.83. The molecule has 1 aromatic carbocycles. The molecule has 122 valence electrons. The second-order valence-electron chi connectivity index (χ2n) is 6.07. The highest BCUT2D eigenvalue weighted by Crippen LogP contribution is 2.17. The van der Waals surface area contributed by atoms with Gasteiger partial charge in [-0.1, -0.05) is 31.1 Å². The summed E-state index contributed by atoms with van der Waals surface area (Å²) in [6.45, 7) is 4.72. The van der Waals surface area contributed by atoms with E-state index in [0.29, 0.717) is 18.9 Å². The second kappa shape index (κ2) is 6.91. The molecule has 3 rings (SSSR count). The number of rotatable bonds is 5. The summed E-state index contributed by atoms with van der Waals surface area (Å²) in [7, 11) is 0. The molecule has 2 heterocycles. The Bertz CT molecular complexity index is 658. The van der Waals surface area contributed by atoms with Crippen molar-refractivity contribution in [1.82, 2.24) is 10.1 Å². The van der Waals surface area contributed by atoms with Gasteiger partial charge in [0.15, 0.2) is 5.82 Å². The number of hydrogen-bond acceptors (Lipinski definition) is 5. The van der Waals surface area contributed by atoms with Crippen molar-refractivity contribution >= 4 is 11.6 Å². The molecule has 1 unspecified atom stereocenters. The van der Waals surface area contributed by atoms with E-state index in [1.807, 2.05) is 38.1 Å². The molecule has 1 aromatic heterocycles. The van der Waals surface area contributed by atoms with Gasteiger partial charge >= 0.3 is 0 Å². The van der Waals surface area contributed by atoms with Gasteiger partial charge in [0.25, 0.3) is 5.91 Å². The molecule has 1 saturated heterocycles. The van der Waals surface area contributed by atoms with Gasteiger partial charge in [-0.05, 0) is 30.5 Å². The number of benzene rings is 1. The van der Waals surface area contributed by atoms with Crippen molar-refractivity contribution in [2.75, 3.05) is 11.9 Å². The summed E-state index contributed by atoms with van der Waals surface area (Å²) in [5.41, 5.74) is 1.82. The summed E-state index contributed by atoms with van der Waals surface area (Å²) >= 11 is 0. The highest BCUT2D eigenvalue weighted by molar-refractivity contribution is 5.94. The first-order chi connectivity index (χ1) is 11.1. The molecule has 0 bridgehead atoms. The normalized spacial score (nSPS) is 17.6. The zero-order valence-corrected chi connectivity index (χ0v) is 13.4. The topological polar surface area (TPSA) is 77.2 Å². The average Bonchev–Trinajstić information content (AvgIpc) is 3.20. The van der Waals surface area contributed by atoms with Gasteiger partial charge in [0.05, 0.1) is 6.42 Å². The molecule has 0 aliphatic carbocycles. The van der Waals surface area contributed by atoms with Gasteiger partial charge in [0.2, 0.25) is 5.89 Å². The molecule has 0 radical (unpaired) electrons. The third-order valence-electron chi connectivity index (χ3n) is 3.80. The Kier molecular flexibility index (Phi) is 4.71. The molecule has 6 nitrogen and oxygen atoms in total. The largest absolute Gasteiger partial charge is 0.368 e. The molecule has 1 fully saturated rings. The molecular weight excluding hydrogens is 294 g/mol. The predicted octanol–water partition coefficient (Wildman–Crippen LogP) is 2.90. The number of aromatic nitrogens is 2. The lowest BCUT2D eigenvalue weighted by molar-refractivity contribution is -0.124. The van der Waals surface area contributed by atoms with Crippen LogP contribution in [0.4, 0.5) is 5.69 Å². The Morgan fingerprint density at radius 2 is 2.13 bits per heavy atom. The van der Waals surface area contributed by atoms with E-state index in [4.69, 9.17) is 9.26 Å². The van der Waals surface area contributed by atoms with Crippen LogP contribution in [0.15, 0.2) is 28.8 Å². The minimum Gasteiger partial charge on any atom is -0.368 e. The summed E-state index contributed by atoms with van der Waals surface area (Å²) in [6.07, 6.45) is 2.00. The van der Waals surface area contributed by atoms with Gasteiger partial charge in [-0.2, -0.15) is 4.98 Å². The fraction of sp³-hybridized carbons (Fsp3) is 0.471. The van der Waals surface area contributed by atoms with Gasteiger partial charge in [0.1, 0.15) is 6.10 Å². The predicted molar refractivity (Wildman–Crippen MR) is 85.2 cm³/mol. The minimum atomic E-state index is -0.317. The Labute approximate surface area is 135 Å². The zero-order chi connectivity index (χ0) is 16.2. The van der Waals surface area contributed by atoms with Gasteiger partial charge in [-0.3, -0.25) is 4.79 Å². The molecule has 6 heteroatoms. The third-order valence-corrected chi connectivity index (χ3v) is 3.80. The first kappa shape index (κ1) is 15.7. The number of hydrogen-bond donors (Lipinski definition) is 1. The fourth-order valence-corrected chi connectivity index (χ4v) is 2.46. The lowest BCUT2D eigenvalue weighted by Crippen LogP contribution is -2.26. The van der Waals surface area contributed by atoms with Crippen molar-refractivity contribution in [3.63, 3.8) is 0 Å². The van der Waals surface area contributed by atoms with Crippen molar-refractivity contribution in [1.29, 1.82) is 0 Å². The second-order valence-corrected chi connectivity index (χ2v) is 6.07. The highest BCUT2D eigenvalue weighted by atomic mass is 16.5.